The molecule has 6 heteroatoms. The van der Waals surface area contributed by atoms with Gasteiger partial charge in [-0.2, -0.15) is 0 Å². The molecular formula is C74H58BClN4. The van der Waals surface area contributed by atoms with Gasteiger partial charge in [0.15, 0.2) is 0 Å². The molecule has 0 amide bonds. The van der Waals surface area contributed by atoms with Gasteiger partial charge in [-0.3, -0.25) is 0 Å². The molecule has 0 aliphatic carbocycles. The molecular weight excluding hydrogens is 991 g/mol. The van der Waals surface area contributed by atoms with Crippen LogP contribution in [0.3, 0.4) is 0 Å². The quantitative estimate of drug-likeness (QED) is 0.154. The number of benzene rings is 11. The van der Waals surface area contributed by atoms with E-state index in [1.54, 1.807) is 0 Å². The highest BCUT2D eigenvalue weighted by molar-refractivity contribution is 7.00. The first-order valence-electron chi connectivity index (χ1n) is 28.0. The van der Waals surface area contributed by atoms with Crippen molar-refractivity contribution in [2.45, 2.75) is 52.4 Å². The number of para-hydroxylation sites is 6. The molecule has 80 heavy (non-hydrogen) atoms. The van der Waals surface area contributed by atoms with Crippen LogP contribution in [0.1, 0.15) is 52.7 Å². The van der Waals surface area contributed by atoms with Gasteiger partial charge in [-0.25, -0.2) is 0 Å². The molecule has 0 fully saturated rings. The Morgan fingerprint density at radius 2 is 0.637 bits per heavy atom. The van der Waals surface area contributed by atoms with Crippen molar-refractivity contribution in [3.8, 4) is 33.6 Å². The van der Waals surface area contributed by atoms with Gasteiger partial charge in [0, 0.05) is 60.4 Å². The normalized spacial score (nSPS) is 13.1. The summed E-state index contributed by atoms with van der Waals surface area (Å²) in [4.78, 5) is 5.10. The average molecular weight is 1050 g/mol. The first-order valence-corrected chi connectivity index (χ1v) is 28.4. The number of hydrogen-bond acceptors (Lipinski definition) is 2. The lowest BCUT2D eigenvalue weighted by Crippen LogP contribution is -2.62. The Bertz CT molecular complexity index is 4250. The van der Waals surface area contributed by atoms with Gasteiger partial charge in [-0.05, 0) is 110 Å². The molecule has 15 rings (SSSR count). The summed E-state index contributed by atoms with van der Waals surface area (Å²) in [5, 5.41) is 5.61. The van der Waals surface area contributed by atoms with Crippen LogP contribution in [0.4, 0.5) is 34.1 Å². The fourth-order valence-electron chi connectivity index (χ4n) is 13.5. The van der Waals surface area contributed by atoms with Crippen LogP contribution in [0.5, 0.6) is 0 Å². The smallest absolute Gasteiger partial charge is 0.252 e. The summed E-state index contributed by atoms with van der Waals surface area (Å²) >= 11 is 7.80. The van der Waals surface area contributed by atoms with E-state index in [0.717, 1.165) is 67.8 Å². The standard InChI is InChI=1S/C74H58BClN4/c1-73(2,3)56-43-58-68(45-66(56)77-62-37-21-15-31-52(62)53-32-16-22-38-63(53)77)79(60-35-19-13-29-50(60)47-25-9-7-10-26-47)70-41-49(76)42-71-72(70)75(58)59-44-57(74(4,5)6)67(78-64-39-23-17-33-54(64)55-34-18-24-40-65(55)78)46-69(59)80(71)61-36-20-14-30-51(61)48-27-11-8-12-28-48/h7-46H,1-6H3. The van der Waals surface area contributed by atoms with Crippen molar-refractivity contribution >= 4 is 112 Å². The number of nitrogens with zero attached hydrogens (tertiary/aromatic N) is 4. The molecule has 13 aromatic rings. The largest absolute Gasteiger partial charge is 0.311 e. The number of rotatable bonds is 6. The van der Waals surface area contributed by atoms with Gasteiger partial charge < -0.3 is 18.9 Å². The van der Waals surface area contributed by atoms with Crippen molar-refractivity contribution in [3.05, 3.63) is 259 Å². The Hall–Kier alpha value is -9.03. The molecule has 4 heterocycles. The minimum absolute atomic E-state index is 0.204. The van der Waals surface area contributed by atoms with E-state index in [2.05, 4.69) is 303 Å². The topological polar surface area (TPSA) is 16.3 Å². The monoisotopic (exact) mass is 1050 g/mol. The highest BCUT2D eigenvalue weighted by Gasteiger charge is 2.46. The second-order valence-electron chi connectivity index (χ2n) is 23.8. The van der Waals surface area contributed by atoms with E-state index >= 15 is 0 Å². The van der Waals surface area contributed by atoms with E-state index in [1.165, 1.54) is 71.1 Å². The lowest BCUT2D eigenvalue weighted by atomic mass is 9.33. The third-order valence-electron chi connectivity index (χ3n) is 17.0. The summed E-state index contributed by atoms with van der Waals surface area (Å²) in [6.07, 6.45) is 0. The van der Waals surface area contributed by atoms with Gasteiger partial charge >= 0.3 is 0 Å². The highest BCUT2D eigenvalue weighted by atomic mass is 35.5. The van der Waals surface area contributed by atoms with Gasteiger partial charge in [0.25, 0.3) is 6.71 Å². The van der Waals surface area contributed by atoms with Crippen molar-refractivity contribution in [3.63, 3.8) is 0 Å². The summed E-state index contributed by atoms with van der Waals surface area (Å²) in [7, 11) is 0. The molecule has 4 nitrogen and oxygen atoms in total. The lowest BCUT2D eigenvalue weighted by molar-refractivity contribution is 0.588. The molecule has 0 radical (unpaired) electrons. The lowest BCUT2D eigenvalue weighted by Gasteiger charge is -2.46. The zero-order valence-electron chi connectivity index (χ0n) is 45.8. The van der Waals surface area contributed by atoms with Gasteiger partial charge in [-0.15, -0.1) is 0 Å². The molecule has 384 valence electrons. The zero-order valence-corrected chi connectivity index (χ0v) is 46.6. The predicted molar refractivity (Wildman–Crippen MR) is 342 cm³/mol. The van der Waals surface area contributed by atoms with Crippen molar-refractivity contribution in [1.29, 1.82) is 0 Å². The molecule has 0 bridgehead atoms. The summed E-state index contributed by atoms with van der Waals surface area (Å²) in [5.41, 5.74) is 23.8. The van der Waals surface area contributed by atoms with Crippen LogP contribution in [0.15, 0.2) is 243 Å². The second-order valence-corrected chi connectivity index (χ2v) is 24.3. The fourth-order valence-corrected chi connectivity index (χ4v) is 13.8. The molecule has 2 aliphatic heterocycles. The SMILES string of the molecule is CC(C)(C)c1cc2c(cc1-n1c3ccccc3c3ccccc31)N(c1ccccc1-c1ccccc1)c1cc(Cl)cc3c1B2c1cc(C(C)(C)C)c(-n2c4ccccc4c4ccccc42)cc1N3c1ccccc1-c1ccccc1. The van der Waals surface area contributed by atoms with Gasteiger partial charge in [0.2, 0.25) is 0 Å². The molecule has 2 aliphatic rings. The summed E-state index contributed by atoms with van der Waals surface area (Å²) in [5.74, 6) is 0. The van der Waals surface area contributed by atoms with Crippen LogP contribution in [0, 0.1) is 0 Å². The van der Waals surface area contributed by atoms with Crippen LogP contribution in [-0.4, -0.2) is 15.8 Å². The molecule has 0 saturated heterocycles. The van der Waals surface area contributed by atoms with Crippen LogP contribution in [-0.2, 0) is 10.8 Å². The van der Waals surface area contributed by atoms with Crippen molar-refractivity contribution < 1.29 is 0 Å². The fraction of sp³-hybridized carbons (Fsp3) is 0.108. The van der Waals surface area contributed by atoms with Gasteiger partial charge in [0.1, 0.15) is 0 Å². The van der Waals surface area contributed by atoms with Crippen molar-refractivity contribution in [2.24, 2.45) is 0 Å². The van der Waals surface area contributed by atoms with Gasteiger partial charge in [0.05, 0.1) is 44.8 Å². The van der Waals surface area contributed by atoms with E-state index < -0.39 is 0 Å². The summed E-state index contributed by atoms with van der Waals surface area (Å²) in [6.45, 7) is 14.1. The van der Waals surface area contributed by atoms with Crippen molar-refractivity contribution in [1.82, 2.24) is 9.13 Å². The maximum atomic E-state index is 7.80. The van der Waals surface area contributed by atoms with Crippen LogP contribution in [0.25, 0.3) is 77.2 Å². The number of halogens is 1. The predicted octanol–water partition coefficient (Wildman–Crippen LogP) is 18.5. The number of hydrogen-bond donors (Lipinski definition) is 0. The first-order chi connectivity index (χ1) is 38.9. The van der Waals surface area contributed by atoms with E-state index in [0.29, 0.717) is 5.02 Å². The Morgan fingerprint density at radius 3 is 1.00 bits per heavy atom. The van der Waals surface area contributed by atoms with E-state index in [-0.39, 0.29) is 17.5 Å². The Kier molecular flexibility index (Phi) is 10.8. The van der Waals surface area contributed by atoms with Crippen LogP contribution >= 0.6 is 11.6 Å². The molecule has 0 N–H and O–H groups in total. The number of fused-ring (bicyclic) bond motifs is 10. The number of anilines is 6. The second kappa shape index (κ2) is 18.0. The Balaban J connectivity index is 1.12. The molecule has 2 aromatic heterocycles. The minimum Gasteiger partial charge on any atom is -0.311 e. The minimum atomic E-state index is -0.276. The first kappa shape index (κ1) is 48.1. The third kappa shape index (κ3) is 7.30. The van der Waals surface area contributed by atoms with Crippen LogP contribution in [0.2, 0.25) is 5.02 Å². The molecule has 11 aromatic carbocycles. The molecule has 0 atom stereocenters. The van der Waals surface area contributed by atoms with E-state index in [9.17, 15) is 0 Å². The summed E-state index contributed by atoms with van der Waals surface area (Å²) in [6, 6.07) is 89.8. The Labute approximate surface area is 473 Å². The highest BCUT2D eigenvalue weighted by Crippen LogP contribution is 2.52. The van der Waals surface area contributed by atoms with E-state index in [4.69, 9.17) is 11.6 Å². The molecule has 0 spiro atoms. The maximum Gasteiger partial charge on any atom is 0.252 e. The van der Waals surface area contributed by atoms with Crippen molar-refractivity contribution in [2.75, 3.05) is 9.80 Å². The third-order valence-corrected chi connectivity index (χ3v) is 17.2. The Morgan fingerprint density at radius 1 is 0.312 bits per heavy atom. The molecule has 0 saturated carbocycles. The van der Waals surface area contributed by atoms with Crippen LogP contribution < -0.4 is 26.2 Å². The van der Waals surface area contributed by atoms with Gasteiger partial charge in [-0.1, -0.05) is 235 Å². The zero-order chi connectivity index (χ0) is 54.2. The maximum absolute atomic E-state index is 7.80. The summed E-state index contributed by atoms with van der Waals surface area (Å²) < 4.78 is 5.05. The average Bonchev–Trinajstić information content (AvgIpc) is 3.96. The molecule has 0 unspecified atom stereocenters. The van der Waals surface area contributed by atoms with E-state index in [1.807, 2.05) is 0 Å². The number of aromatic nitrogens is 2.